The Morgan fingerprint density at radius 1 is 1.50 bits per heavy atom. The monoisotopic (exact) mass is 228 g/mol. The van der Waals surface area contributed by atoms with Crippen LogP contribution in [0.4, 0.5) is 0 Å². The minimum atomic E-state index is 0.122. The molecule has 0 aliphatic carbocycles. The third kappa shape index (κ3) is 2.58. The molecule has 2 unspecified atom stereocenters. The fourth-order valence-corrected chi connectivity index (χ4v) is 2.65. The highest BCUT2D eigenvalue weighted by molar-refractivity contribution is 4.99. The second-order valence-corrected chi connectivity index (χ2v) is 5.79. The highest BCUT2D eigenvalue weighted by Gasteiger charge is 2.42. The lowest BCUT2D eigenvalue weighted by molar-refractivity contribution is -0.0846. The van der Waals surface area contributed by atoms with E-state index < -0.39 is 0 Å². The zero-order chi connectivity index (χ0) is 12.4. The van der Waals surface area contributed by atoms with Gasteiger partial charge < -0.3 is 10.5 Å². The van der Waals surface area contributed by atoms with Crippen molar-refractivity contribution in [3.63, 3.8) is 0 Å². The van der Waals surface area contributed by atoms with E-state index in [0.717, 1.165) is 32.4 Å². The molecule has 3 nitrogen and oxygen atoms in total. The number of likely N-dealkylation sites (N-methyl/N-ethyl adjacent to an activating group) is 1. The van der Waals surface area contributed by atoms with Crippen LogP contribution in [0, 0.1) is 0 Å². The first-order valence-electron chi connectivity index (χ1n) is 6.43. The molecule has 0 bridgehead atoms. The molecule has 0 aromatic carbocycles. The van der Waals surface area contributed by atoms with Crippen molar-refractivity contribution in [2.45, 2.75) is 64.1 Å². The van der Waals surface area contributed by atoms with Crippen LogP contribution in [0.25, 0.3) is 0 Å². The molecule has 1 aliphatic rings. The standard InChI is InChI=1S/C13H28N2O/c1-6-12(3,4)15(5)13(10-14)7-8-16-11(2)9-13/h11H,6-10,14H2,1-5H3. The molecule has 0 aromatic heterocycles. The smallest absolute Gasteiger partial charge is 0.0565 e. The van der Waals surface area contributed by atoms with Gasteiger partial charge in [-0.3, -0.25) is 4.90 Å². The van der Waals surface area contributed by atoms with Gasteiger partial charge in [0.25, 0.3) is 0 Å². The molecule has 16 heavy (non-hydrogen) atoms. The van der Waals surface area contributed by atoms with Gasteiger partial charge in [0, 0.05) is 24.2 Å². The van der Waals surface area contributed by atoms with Crippen LogP contribution in [-0.2, 0) is 4.74 Å². The summed E-state index contributed by atoms with van der Waals surface area (Å²) in [5, 5.41) is 0. The molecule has 0 saturated carbocycles. The normalized spacial score (nSPS) is 32.1. The van der Waals surface area contributed by atoms with Crippen molar-refractivity contribution < 1.29 is 4.74 Å². The van der Waals surface area contributed by atoms with Gasteiger partial charge in [-0.25, -0.2) is 0 Å². The first kappa shape index (κ1) is 13.9. The van der Waals surface area contributed by atoms with Crippen LogP contribution in [0.3, 0.4) is 0 Å². The van der Waals surface area contributed by atoms with Crippen molar-refractivity contribution in [2.75, 3.05) is 20.2 Å². The van der Waals surface area contributed by atoms with Crippen molar-refractivity contribution in [1.82, 2.24) is 4.90 Å². The molecule has 1 saturated heterocycles. The van der Waals surface area contributed by atoms with Crippen molar-refractivity contribution in [2.24, 2.45) is 5.73 Å². The summed E-state index contributed by atoms with van der Waals surface area (Å²) >= 11 is 0. The quantitative estimate of drug-likeness (QED) is 0.800. The molecular formula is C13H28N2O. The Hall–Kier alpha value is -0.120. The Balaban J connectivity index is 2.86. The Morgan fingerprint density at radius 3 is 2.56 bits per heavy atom. The average molecular weight is 228 g/mol. The van der Waals surface area contributed by atoms with Crippen LogP contribution in [0.1, 0.15) is 47.0 Å². The van der Waals surface area contributed by atoms with Gasteiger partial charge in [-0.2, -0.15) is 0 Å². The van der Waals surface area contributed by atoms with E-state index >= 15 is 0 Å². The second-order valence-electron chi connectivity index (χ2n) is 5.79. The van der Waals surface area contributed by atoms with Crippen LogP contribution in [-0.4, -0.2) is 42.3 Å². The van der Waals surface area contributed by atoms with Crippen molar-refractivity contribution in [1.29, 1.82) is 0 Å². The van der Waals surface area contributed by atoms with Crippen molar-refractivity contribution in [3.8, 4) is 0 Å². The molecule has 2 atom stereocenters. The molecule has 96 valence electrons. The Labute approximate surface area is 100 Å². The number of ether oxygens (including phenoxy) is 1. The lowest BCUT2D eigenvalue weighted by Crippen LogP contribution is -2.62. The maximum atomic E-state index is 6.06. The predicted molar refractivity (Wildman–Crippen MR) is 68.6 cm³/mol. The van der Waals surface area contributed by atoms with Gasteiger partial charge in [0.2, 0.25) is 0 Å². The van der Waals surface area contributed by atoms with Gasteiger partial charge in [0.1, 0.15) is 0 Å². The highest BCUT2D eigenvalue weighted by Crippen LogP contribution is 2.35. The summed E-state index contributed by atoms with van der Waals surface area (Å²) in [6.07, 6.45) is 3.56. The molecule has 1 heterocycles. The summed E-state index contributed by atoms with van der Waals surface area (Å²) < 4.78 is 5.65. The van der Waals surface area contributed by atoms with Crippen molar-refractivity contribution in [3.05, 3.63) is 0 Å². The van der Waals surface area contributed by atoms with E-state index in [4.69, 9.17) is 10.5 Å². The minimum absolute atomic E-state index is 0.122. The Bertz CT molecular complexity index is 230. The zero-order valence-electron chi connectivity index (χ0n) is 11.5. The van der Waals surface area contributed by atoms with E-state index in [9.17, 15) is 0 Å². The number of nitrogens with two attached hydrogens (primary N) is 1. The Kier molecular flexibility index (Phi) is 4.38. The van der Waals surface area contributed by atoms with E-state index in [2.05, 4.69) is 39.6 Å². The van der Waals surface area contributed by atoms with E-state index in [1.807, 2.05) is 0 Å². The van der Waals surface area contributed by atoms with E-state index in [0.29, 0.717) is 6.10 Å². The molecule has 1 rings (SSSR count). The lowest BCUT2D eigenvalue weighted by atomic mass is 9.81. The third-order valence-electron chi connectivity index (χ3n) is 4.50. The van der Waals surface area contributed by atoms with E-state index in [-0.39, 0.29) is 11.1 Å². The van der Waals surface area contributed by atoms with Gasteiger partial charge in [-0.1, -0.05) is 6.92 Å². The first-order chi connectivity index (χ1) is 7.38. The Morgan fingerprint density at radius 2 is 2.12 bits per heavy atom. The number of hydrogen-bond donors (Lipinski definition) is 1. The summed E-state index contributed by atoms with van der Waals surface area (Å²) in [5.41, 5.74) is 6.38. The summed E-state index contributed by atoms with van der Waals surface area (Å²) in [4.78, 5) is 2.49. The topological polar surface area (TPSA) is 38.5 Å². The van der Waals surface area contributed by atoms with Crippen molar-refractivity contribution >= 4 is 0 Å². The molecule has 0 radical (unpaired) electrons. The van der Waals surface area contributed by atoms with Crippen LogP contribution < -0.4 is 5.73 Å². The lowest BCUT2D eigenvalue weighted by Gasteiger charge is -2.52. The van der Waals surface area contributed by atoms with Gasteiger partial charge in [-0.05, 0) is 47.1 Å². The third-order valence-corrected chi connectivity index (χ3v) is 4.50. The maximum absolute atomic E-state index is 6.06. The van der Waals surface area contributed by atoms with Crippen LogP contribution >= 0.6 is 0 Å². The van der Waals surface area contributed by atoms with E-state index in [1.165, 1.54) is 0 Å². The molecule has 0 aromatic rings. The largest absolute Gasteiger partial charge is 0.378 e. The number of hydrogen-bond acceptors (Lipinski definition) is 3. The fraction of sp³-hybridized carbons (Fsp3) is 1.00. The van der Waals surface area contributed by atoms with Gasteiger partial charge >= 0.3 is 0 Å². The molecule has 0 amide bonds. The minimum Gasteiger partial charge on any atom is -0.378 e. The van der Waals surface area contributed by atoms with Gasteiger partial charge in [0.05, 0.1) is 6.10 Å². The fourth-order valence-electron chi connectivity index (χ4n) is 2.65. The van der Waals surface area contributed by atoms with Gasteiger partial charge in [-0.15, -0.1) is 0 Å². The molecule has 3 heteroatoms. The van der Waals surface area contributed by atoms with E-state index in [1.54, 1.807) is 0 Å². The molecule has 1 aliphatic heterocycles. The summed E-state index contributed by atoms with van der Waals surface area (Å²) in [6.45, 7) is 10.5. The van der Waals surface area contributed by atoms with Crippen LogP contribution in [0.2, 0.25) is 0 Å². The zero-order valence-corrected chi connectivity index (χ0v) is 11.5. The summed E-state index contributed by atoms with van der Waals surface area (Å²) in [5.74, 6) is 0. The molecule has 0 spiro atoms. The molecule has 2 N–H and O–H groups in total. The number of rotatable bonds is 4. The highest BCUT2D eigenvalue weighted by atomic mass is 16.5. The predicted octanol–water partition coefficient (Wildman–Crippen LogP) is 2.00. The van der Waals surface area contributed by atoms with Crippen LogP contribution in [0.15, 0.2) is 0 Å². The maximum Gasteiger partial charge on any atom is 0.0565 e. The van der Waals surface area contributed by atoms with Gasteiger partial charge in [0.15, 0.2) is 0 Å². The second kappa shape index (κ2) is 5.03. The molecule has 1 fully saturated rings. The van der Waals surface area contributed by atoms with Crippen LogP contribution in [0.5, 0.6) is 0 Å². The summed E-state index contributed by atoms with van der Waals surface area (Å²) in [6, 6.07) is 0. The first-order valence-corrected chi connectivity index (χ1v) is 6.43. The molecular weight excluding hydrogens is 200 g/mol. The SMILES string of the molecule is CCC(C)(C)N(C)C1(CN)CCOC(C)C1. The average Bonchev–Trinajstić information content (AvgIpc) is 2.27. The summed E-state index contributed by atoms with van der Waals surface area (Å²) in [7, 11) is 2.22. The number of nitrogens with zero attached hydrogens (tertiary/aromatic N) is 1.